The first kappa shape index (κ1) is 12.3. The SMILES string of the molecule is c1ccc(-n2ccnc2)c(CSC2=NCCCN2)c1. The molecule has 1 aromatic carbocycles. The molecular formula is C14H16N4S. The fourth-order valence-corrected chi connectivity index (χ4v) is 2.96. The van der Waals surface area contributed by atoms with Crippen LogP contribution in [0, 0.1) is 0 Å². The van der Waals surface area contributed by atoms with E-state index in [1.165, 1.54) is 11.3 Å². The van der Waals surface area contributed by atoms with Crippen LogP contribution in [0.25, 0.3) is 5.69 Å². The number of benzene rings is 1. The van der Waals surface area contributed by atoms with E-state index in [-0.39, 0.29) is 0 Å². The zero-order valence-electron chi connectivity index (χ0n) is 10.6. The van der Waals surface area contributed by atoms with Crippen molar-refractivity contribution >= 4 is 16.9 Å². The quantitative estimate of drug-likeness (QED) is 0.933. The summed E-state index contributed by atoms with van der Waals surface area (Å²) < 4.78 is 2.05. The maximum atomic E-state index is 4.49. The van der Waals surface area contributed by atoms with Crippen molar-refractivity contribution in [2.24, 2.45) is 4.99 Å². The van der Waals surface area contributed by atoms with Crippen LogP contribution in [0.1, 0.15) is 12.0 Å². The lowest BCUT2D eigenvalue weighted by Crippen LogP contribution is -2.26. The predicted octanol–water partition coefficient (Wildman–Crippen LogP) is 2.45. The number of amidine groups is 1. The molecule has 0 aliphatic carbocycles. The van der Waals surface area contributed by atoms with Crippen LogP contribution >= 0.6 is 11.8 Å². The van der Waals surface area contributed by atoms with Gasteiger partial charge in [-0.3, -0.25) is 4.99 Å². The van der Waals surface area contributed by atoms with Gasteiger partial charge in [0.25, 0.3) is 0 Å². The number of nitrogens with zero attached hydrogens (tertiary/aromatic N) is 3. The molecule has 19 heavy (non-hydrogen) atoms. The smallest absolute Gasteiger partial charge is 0.156 e. The lowest BCUT2D eigenvalue weighted by Gasteiger charge is -2.15. The highest BCUT2D eigenvalue weighted by molar-refractivity contribution is 8.13. The van der Waals surface area contributed by atoms with Gasteiger partial charge in [-0.05, 0) is 18.1 Å². The standard InChI is InChI=1S/C14H16N4S/c1-2-5-13(18-9-8-15-11-18)12(4-1)10-19-14-16-6-3-7-17-14/h1-2,4-5,8-9,11H,3,6-7,10H2,(H,16,17). The molecule has 1 aromatic heterocycles. The average Bonchev–Trinajstić information content (AvgIpc) is 3.01. The highest BCUT2D eigenvalue weighted by Crippen LogP contribution is 2.20. The molecule has 0 saturated carbocycles. The third kappa shape index (κ3) is 2.98. The topological polar surface area (TPSA) is 42.2 Å². The summed E-state index contributed by atoms with van der Waals surface area (Å²) in [5.74, 6) is 0.917. The summed E-state index contributed by atoms with van der Waals surface area (Å²) in [5.41, 5.74) is 2.48. The molecule has 0 amide bonds. The highest BCUT2D eigenvalue weighted by atomic mass is 32.2. The van der Waals surface area contributed by atoms with Gasteiger partial charge >= 0.3 is 0 Å². The van der Waals surface area contributed by atoms with Crippen LogP contribution in [-0.4, -0.2) is 27.8 Å². The van der Waals surface area contributed by atoms with Gasteiger partial charge in [-0.25, -0.2) is 4.98 Å². The van der Waals surface area contributed by atoms with E-state index in [0.29, 0.717) is 0 Å². The van der Waals surface area contributed by atoms with E-state index in [0.717, 1.165) is 30.4 Å². The third-order valence-electron chi connectivity index (χ3n) is 3.01. The molecule has 0 fully saturated rings. The second-order valence-electron chi connectivity index (χ2n) is 4.35. The first-order valence-electron chi connectivity index (χ1n) is 6.41. The molecule has 0 unspecified atom stereocenters. The first-order valence-corrected chi connectivity index (χ1v) is 7.39. The van der Waals surface area contributed by atoms with Crippen LogP contribution in [0.15, 0.2) is 48.0 Å². The molecule has 98 valence electrons. The minimum absolute atomic E-state index is 0.917. The summed E-state index contributed by atoms with van der Waals surface area (Å²) in [7, 11) is 0. The fourth-order valence-electron chi connectivity index (χ4n) is 2.04. The van der Waals surface area contributed by atoms with Crippen LogP contribution in [-0.2, 0) is 5.75 Å². The molecule has 1 N–H and O–H groups in total. The maximum Gasteiger partial charge on any atom is 0.156 e. The Bertz CT molecular complexity index is 563. The Labute approximate surface area is 117 Å². The number of rotatable bonds is 3. The number of imidazole rings is 1. The number of hydrogen-bond donors (Lipinski definition) is 1. The lowest BCUT2D eigenvalue weighted by molar-refractivity contribution is 0.751. The van der Waals surface area contributed by atoms with E-state index >= 15 is 0 Å². The van der Waals surface area contributed by atoms with Crippen LogP contribution in [0.2, 0.25) is 0 Å². The van der Waals surface area contributed by atoms with Gasteiger partial charge in [0, 0.05) is 31.2 Å². The Morgan fingerprint density at radius 1 is 1.32 bits per heavy atom. The number of aliphatic imine (C=N–C) groups is 1. The van der Waals surface area contributed by atoms with E-state index < -0.39 is 0 Å². The molecule has 5 heteroatoms. The van der Waals surface area contributed by atoms with Crippen molar-refractivity contribution in [1.29, 1.82) is 0 Å². The van der Waals surface area contributed by atoms with Gasteiger partial charge in [0.05, 0.1) is 12.0 Å². The number of nitrogens with one attached hydrogen (secondary N) is 1. The van der Waals surface area contributed by atoms with Crippen molar-refractivity contribution in [2.45, 2.75) is 12.2 Å². The minimum Gasteiger partial charge on any atom is -0.365 e. The molecule has 0 bridgehead atoms. The summed E-state index contributed by atoms with van der Waals surface area (Å²) in [4.78, 5) is 8.60. The summed E-state index contributed by atoms with van der Waals surface area (Å²) in [6, 6.07) is 8.41. The number of thioether (sulfide) groups is 1. The van der Waals surface area contributed by atoms with Crippen LogP contribution in [0.5, 0.6) is 0 Å². The summed E-state index contributed by atoms with van der Waals surface area (Å²) in [6.45, 7) is 1.98. The van der Waals surface area contributed by atoms with E-state index in [9.17, 15) is 0 Å². The van der Waals surface area contributed by atoms with Gasteiger partial charge in [0.1, 0.15) is 0 Å². The largest absolute Gasteiger partial charge is 0.365 e. The summed E-state index contributed by atoms with van der Waals surface area (Å²) >= 11 is 1.77. The molecule has 4 nitrogen and oxygen atoms in total. The zero-order valence-corrected chi connectivity index (χ0v) is 11.4. The van der Waals surface area contributed by atoms with Crippen molar-refractivity contribution in [3.05, 3.63) is 48.5 Å². The van der Waals surface area contributed by atoms with Gasteiger partial charge < -0.3 is 9.88 Å². The van der Waals surface area contributed by atoms with Gasteiger partial charge in [0.2, 0.25) is 0 Å². The molecule has 0 atom stereocenters. The number of hydrogen-bond acceptors (Lipinski definition) is 4. The second kappa shape index (κ2) is 5.93. The molecule has 1 aliphatic rings. The molecule has 2 heterocycles. The van der Waals surface area contributed by atoms with E-state index in [1.54, 1.807) is 18.0 Å². The third-order valence-corrected chi connectivity index (χ3v) is 4.01. The first-order chi connectivity index (χ1) is 9.43. The summed E-state index contributed by atoms with van der Waals surface area (Å²) in [5, 5.41) is 4.40. The summed E-state index contributed by atoms with van der Waals surface area (Å²) in [6.07, 6.45) is 6.74. The zero-order chi connectivity index (χ0) is 12.9. The fraction of sp³-hybridized carbons (Fsp3) is 0.286. The predicted molar refractivity (Wildman–Crippen MR) is 79.8 cm³/mol. The van der Waals surface area contributed by atoms with Crippen LogP contribution < -0.4 is 5.32 Å². The number of para-hydroxylation sites is 1. The lowest BCUT2D eigenvalue weighted by atomic mass is 10.2. The minimum atomic E-state index is 0.917. The Morgan fingerprint density at radius 2 is 2.26 bits per heavy atom. The Morgan fingerprint density at radius 3 is 3.05 bits per heavy atom. The van der Waals surface area contributed by atoms with Crippen molar-refractivity contribution in [2.75, 3.05) is 13.1 Å². The second-order valence-corrected chi connectivity index (χ2v) is 5.32. The molecule has 0 spiro atoms. The Hall–Kier alpha value is -1.75. The molecule has 2 aromatic rings. The molecule has 0 saturated heterocycles. The van der Waals surface area contributed by atoms with Crippen molar-refractivity contribution < 1.29 is 0 Å². The maximum absolute atomic E-state index is 4.49. The number of aromatic nitrogens is 2. The van der Waals surface area contributed by atoms with Crippen molar-refractivity contribution in [1.82, 2.24) is 14.9 Å². The molecule has 0 radical (unpaired) electrons. The van der Waals surface area contributed by atoms with E-state index in [4.69, 9.17) is 0 Å². The van der Waals surface area contributed by atoms with Crippen molar-refractivity contribution in [3.8, 4) is 5.69 Å². The molecular weight excluding hydrogens is 256 g/mol. The average molecular weight is 272 g/mol. The van der Waals surface area contributed by atoms with Gasteiger partial charge in [-0.2, -0.15) is 0 Å². The van der Waals surface area contributed by atoms with Gasteiger partial charge in [-0.1, -0.05) is 30.0 Å². The molecule has 3 rings (SSSR count). The molecule has 1 aliphatic heterocycles. The van der Waals surface area contributed by atoms with Gasteiger partial charge in [-0.15, -0.1) is 0 Å². The Kier molecular flexibility index (Phi) is 3.83. The Balaban J connectivity index is 1.76. The highest BCUT2D eigenvalue weighted by Gasteiger charge is 2.08. The van der Waals surface area contributed by atoms with Gasteiger partial charge in [0.15, 0.2) is 5.17 Å². The van der Waals surface area contributed by atoms with Crippen LogP contribution in [0.3, 0.4) is 0 Å². The van der Waals surface area contributed by atoms with E-state index in [1.807, 2.05) is 17.1 Å². The normalized spacial score (nSPS) is 14.8. The van der Waals surface area contributed by atoms with Crippen LogP contribution in [0.4, 0.5) is 0 Å². The van der Waals surface area contributed by atoms with E-state index in [2.05, 4.69) is 39.6 Å². The monoisotopic (exact) mass is 272 g/mol. The van der Waals surface area contributed by atoms with Crippen molar-refractivity contribution in [3.63, 3.8) is 0 Å².